The van der Waals surface area contributed by atoms with Crippen molar-refractivity contribution in [3.05, 3.63) is 82.7 Å². The highest BCUT2D eigenvalue weighted by molar-refractivity contribution is 5.31. The van der Waals surface area contributed by atoms with Crippen LogP contribution in [0.15, 0.2) is 54.7 Å². The van der Waals surface area contributed by atoms with Crippen LogP contribution in [-0.2, 0) is 17.8 Å². The maximum Gasteiger partial charge on any atom is 0.157 e. The molecule has 0 N–H and O–H groups in total. The molecule has 0 bridgehead atoms. The van der Waals surface area contributed by atoms with Crippen molar-refractivity contribution < 1.29 is 4.74 Å². The van der Waals surface area contributed by atoms with Gasteiger partial charge in [-0.3, -0.25) is 4.90 Å². The molecule has 6 heteroatoms. The Kier molecular flexibility index (Phi) is 4.97. The van der Waals surface area contributed by atoms with E-state index >= 15 is 0 Å². The summed E-state index contributed by atoms with van der Waals surface area (Å²) < 4.78 is 7.72. The number of nitrogens with zero attached hydrogens (tertiary/aromatic N) is 5. The van der Waals surface area contributed by atoms with Gasteiger partial charge in [0.05, 0.1) is 31.0 Å². The van der Waals surface area contributed by atoms with Gasteiger partial charge in [-0.05, 0) is 30.2 Å². The molecule has 1 unspecified atom stereocenters. The number of benzene rings is 2. The minimum absolute atomic E-state index is 0.166. The van der Waals surface area contributed by atoms with Crippen LogP contribution >= 0.6 is 0 Å². The third-order valence-corrected chi connectivity index (χ3v) is 4.73. The van der Waals surface area contributed by atoms with Gasteiger partial charge in [0, 0.05) is 13.1 Å². The fourth-order valence-corrected chi connectivity index (χ4v) is 3.24. The Morgan fingerprint density at radius 3 is 2.52 bits per heavy atom. The first kappa shape index (κ1) is 17.4. The predicted octanol–water partition coefficient (Wildman–Crippen LogP) is 3.04. The number of hydrogen-bond donors (Lipinski definition) is 0. The summed E-state index contributed by atoms with van der Waals surface area (Å²) in [5.41, 5.74) is 5.09. The third kappa shape index (κ3) is 4.05. The van der Waals surface area contributed by atoms with E-state index in [9.17, 15) is 0 Å². The fraction of sp³-hybridized carbons (Fsp3) is 0.286. The van der Waals surface area contributed by atoms with Crippen LogP contribution in [0.2, 0.25) is 0 Å². The van der Waals surface area contributed by atoms with E-state index in [-0.39, 0.29) is 6.23 Å². The van der Waals surface area contributed by atoms with Crippen LogP contribution in [0, 0.1) is 18.3 Å². The first-order chi connectivity index (χ1) is 13.2. The lowest BCUT2D eigenvalue weighted by Gasteiger charge is -2.21. The van der Waals surface area contributed by atoms with Crippen molar-refractivity contribution in [1.29, 1.82) is 5.26 Å². The van der Waals surface area contributed by atoms with E-state index in [4.69, 9.17) is 10.00 Å². The molecule has 0 amide bonds. The average Bonchev–Trinajstić information content (AvgIpc) is 3.33. The van der Waals surface area contributed by atoms with Crippen molar-refractivity contribution in [1.82, 2.24) is 19.9 Å². The van der Waals surface area contributed by atoms with E-state index in [2.05, 4.69) is 52.5 Å². The summed E-state index contributed by atoms with van der Waals surface area (Å²) in [4.78, 5) is 2.28. The summed E-state index contributed by atoms with van der Waals surface area (Å²) in [5, 5.41) is 17.5. The van der Waals surface area contributed by atoms with Crippen LogP contribution in [0.1, 0.15) is 34.2 Å². The molecule has 1 saturated heterocycles. The number of hydrogen-bond acceptors (Lipinski definition) is 5. The summed E-state index contributed by atoms with van der Waals surface area (Å²) >= 11 is 0. The standard InChI is InChI=1S/C21H21N5O/c1-16-2-4-18(5-3-16)13-25-10-11-27-21(25)20-15-26(24-23-20)14-19-8-6-17(12-22)7-9-19/h2-9,15,21H,10-11,13-14H2,1H3. The molecule has 27 heavy (non-hydrogen) atoms. The van der Waals surface area contributed by atoms with Crippen molar-refractivity contribution in [2.24, 2.45) is 0 Å². The van der Waals surface area contributed by atoms with Gasteiger partial charge in [0.2, 0.25) is 0 Å². The van der Waals surface area contributed by atoms with E-state index < -0.39 is 0 Å². The second kappa shape index (κ2) is 7.70. The number of rotatable bonds is 5. The van der Waals surface area contributed by atoms with Gasteiger partial charge < -0.3 is 4.74 Å². The van der Waals surface area contributed by atoms with E-state index in [1.807, 2.05) is 35.1 Å². The SMILES string of the molecule is Cc1ccc(CN2CCOC2c2cn(Cc3ccc(C#N)cc3)nn2)cc1. The van der Waals surface area contributed by atoms with Crippen molar-refractivity contribution >= 4 is 0 Å². The molecule has 3 aromatic rings. The summed E-state index contributed by atoms with van der Waals surface area (Å²) in [6, 6.07) is 18.2. The topological polar surface area (TPSA) is 67.0 Å². The lowest BCUT2D eigenvalue weighted by Crippen LogP contribution is -2.23. The monoisotopic (exact) mass is 359 g/mol. The van der Waals surface area contributed by atoms with E-state index in [0.29, 0.717) is 18.7 Å². The van der Waals surface area contributed by atoms with Gasteiger partial charge in [0.15, 0.2) is 6.23 Å². The Morgan fingerprint density at radius 2 is 1.78 bits per heavy atom. The Balaban J connectivity index is 1.44. The summed E-state index contributed by atoms with van der Waals surface area (Å²) in [7, 11) is 0. The Bertz CT molecular complexity index is 940. The zero-order valence-corrected chi connectivity index (χ0v) is 15.2. The molecule has 1 fully saturated rings. The molecular weight excluding hydrogens is 338 g/mol. The Labute approximate surface area is 158 Å². The van der Waals surface area contributed by atoms with Gasteiger partial charge in [0.1, 0.15) is 5.69 Å². The van der Waals surface area contributed by atoms with Crippen molar-refractivity contribution in [3.63, 3.8) is 0 Å². The highest BCUT2D eigenvalue weighted by Crippen LogP contribution is 2.27. The highest BCUT2D eigenvalue weighted by Gasteiger charge is 2.29. The van der Waals surface area contributed by atoms with Crippen molar-refractivity contribution in [3.8, 4) is 6.07 Å². The molecule has 1 aliphatic heterocycles. The molecule has 0 saturated carbocycles. The smallest absolute Gasteiger partial charge is 0.157 e. The lowest BCUT2D eigenvalue weighted by molar-refractivity contribution is 0.0252. The molecule has 1 aromatic heterocycles. The van der Waals surface area contributed by atoms with E-state index in [1.54, 1.807) is 0 Å². The van der Waals surface area contributed by atoms with Crippen LogP contribution < -0.4 is 0 Å². The molecule has 1 aliphatic rings. The van der Waals surface area contributed by atoms with E-state index in [1.165, 1.54) is 11.1 Å². The van der Waals surface area contributed by atoms with Gasteiger partial charge in [-0.15, -0.1) is 5.10 Å². The maximum atomic E-state index is 8.89. The largest absolute Gasteiger partial charge is 0.356 e. The molecule has 6 nitrogen and oxygen atoms in total. The zero-order chi connectivity index (χ0) is 18.6. The van der Waals surface area contributed by atoms with Gasteiger partial charge in [-0.25, -0.2) is 4.68 Å². The Hall–Kier alpha value is -3.01. The first-order valence-corrected chi connectivity index (χ1v) is 9.01. The van der Waals surface area contributed by atoms with Crippen LogP contribution in [-0.4, -0.2) is 33.0 Å². The third-order valence-electron chi connectivity index (χ3n) is 4.73. The quantitative estimate of drug-likeness (QED) is 0.700. The van der Waals surface area contributed by atoms with Crippen molar-refractivity contribution in [2.45, 2.75) is 26.2 Å². The second-order valence-corrected chi connectivity index (χ2v) is 6.83. The summed E-state index contributed by atoms with van der Waals surface area (Å²) in [6.45, 7) is 5.11. The average molecular weight is 359 g/mol. The fourth-order valence-electron chi connectivity index (χ4n) is 3.24. The van der Waals surface area contributed by atoms with Gasteiger partial charge in [0.25, 0.3) is 0 Å². The minimum atomic E-state index is -0.166. The van der Waals surface area contributed by atoms with Gasteiger partial charge in [-0.1, -0.05) is 47.2 Å². The van der Waals surface area contributed by atoms with Crippen LogP contribution in [0.3, 0.4) is 0 Å². The number of aryl methyl sites for hydroxylation is 1. The first-order valence-electron chi connectivity index (χ1n) is 9.01. The molecule has 4 rings (SSSR count). The lowest BCUT2D eigenvalue weighted by atomic mass is 10.1. The zero-order valence-electron chi connectivity index (χ0n) is 15.2. The highest BCUT2D eigenvalue weighted by atomic mass is 16.5. The summed E-state index contributed by atoms with van der Waals surface area (Å²) in [6.07, 6.45) is 1.78. The molecule has 0 spiro atoms. The van der Waals surface area contributed by atoms with Crippen LogP contribution in [0.5, 0.6) is 0 Å². The molecular formula is C21H21N5O. The van der Waals surface area contributed by atoms with Crippen molar-refractivity contribution in [2.75, 3.05) is 13.2 Å². The summed E-state index contributed by atoms with van der Waals surface area (Å²) in [5.74, 6) is 0. The Morgan fingerprint density at radius 1 is 1.07 bits per heavy atom. The molecule has 2 heterocycles. The normalized spacial score (nSPS) is 17.1. The molecule has 2 aromatic carbocycles. The number of nitriles is 1. The maximum absolute atomic E-state index is 8.89. The molecule has 0 aliphatic carbocycles. The number of ether oxygens (including phenoxy) is 1. The second-order valence-electron chi connectivity index (χ2n) is 6.83. The molecule has 1 atom stereocenters. The number of aromatic nitrogens is 3. The molecule has 0 radical (unpaired) electrons. The van der Waals surface area contributed by atoms with E-state index in [0.717, 1.165) is 24.3 Å². The predicted molar refractivity (Wildman–Crippen MR) is 101 cm³/mol. The van der Waals surface area contributed by atoms with Crippen LogP contribution in [0.25, 0.3) is 0 Å². The van der Waals surface area contributed by atoms with Gasteiger partial charge >= 0.3 is 0 Å². The van der Waals surface area contributed by atoms with Gasteiger partial charge in [-0.2, -0.15) is 5.26 Å². The van der Waals surface area contributed by atoms with Crippen LogP contribution in [0.4, 0.5) is 0 Å². The minimum Gasteiger partial charge on any atom is -0.356 e. The molecule has 136 valence electrons.